The fraction of sp³-hybridized carbons (Fsp3) is 0.444. The summed E-state index contributed by atoms with van der Waals surface area (Å²) in [6.45, 7) is 10.1. The van der Waals surface area contributed by atoms with Crippen LogP contribution in [0.3, 0.4) is 0 Å². The van der Waals surface area contributed by atoms with Crippen LogP contribution in [0.25, 0.3) is 0 Å². The van der Waals surface area contributed by atoms with Gasteiger partial charge < -0.3 is 0 Å². The third kappa shape index (κ3) is 3.33. The summed E-state index contributed by atoms with van der Waals surface area (Å²) in [7, 11) is 0. The number of hydrogen-bond donors (Lipinski definition) is 0. The average molecular weight is 322 g/mol. The van der Waals surface area contributed by atoms with Gasteiger partial charge >= 0.3 is 0 Å². The molecule has 2 aromatic rings. The Balaban J connectivity index is 0.00000161. The third-order valence-corrected chi connectivity index (χ3v) is 5.63. The van der Waals surface area contributed by atoms with Crippen LogP contribution in [-0.2, 0) is 13.0 Å². The summed E-state index contributed by atoms with van der Waals surface area (Å²) in [5.41, 5.74) is 4.40. The fourth-order valence-electron chi connectivity index (χ4n) is 3.04. The molecule has 0 amide bonds. The molecule has 0 fully saturated rings. The maximum Gasteiger partial charge on any atom is 0.0331 e. The first-order chi connectivity index (χ1) is 9.71. The lowest BCUT2D eigenvalue weighted by molar-refractivity contribution is 0.257. The van der Waals surface area contributed by atoms with E-state index in [0.29, 0.717) is 5.92 Å². The fourth-order valence-corrected chi connectivity index (χ4v) is 4.25. The van der Waals surface area contributed by atoms with Crippen LogP contribution in [0.15, 0.2) is 30.3 Å². The van der Waals surface area contributed by atoms with Crippen molar-refractivity contribution >= 4 is 23.7 Å². The number of benzene rings is 1. The van der Waals surface area contributed by atoms with E-state index in [9.17, 15) is 0 Å². The first-order valence-corrected chi connectivity index (χ1v) is 8.43. The Morgan fingerprint density at radius 3 is 2.52 bits per heavy atom. The maximum atomic E-state index is 2.57. The van der Waals surface area contributed by atoms with Crippen molar-refractivity contribution in [1.82, 2.24) is 4.90 Å². The molecule has 0 saturated carbocycles. The minimum Gasteiger partial charge on any atom is -0.298 e. The zero-order valence-electron chi connectivity index (χ0n) is 13.1. The van der Waals surface area contributed by atoms with Crippen LogP contribution in [0.1, 0.15) is 46.2 Å². The Morgan fingerprint density at radius 1 is 1.19 bits per heavy atom. The number of thiophene rings is 1. The van der Waals surface area contributed by atoms with E-state index in [2.05, 4.69) is 56.0 Å². The molecule has 1 aliphatic rings. The van der Waals surface area contributed by atoms with Crippen molar-refractivity contribution in [2.45, 2.75) is 39.7 Å². The minimum atomic E-state index is 0. The number of nitrogens with zero attached hydrogens (tertiary/aromatic N) is 1. The van der Waals surface area contributed by atoms with E-state index in [1.165, 1.54) is 16.0 Å². The van der Waals surface area contributed by atoms with Crippen molar-refractivity contribution in [3.8, 4) is 0 Å². The Kier molecular flexibility index (Phi) is 5.48. The summed E-state index contributed by atoms with van der Waals surface area (Å²) in [6.07, 6.45) is 1.16. The second-order valence-corrected chi connectivity index (χ2v) is 6.96. The third-order valence-electron chi connectivity index (χ3n) is 4.35. The number of likely N-dealkylation sites (N-methyl/N-ethyl adjacent to an activating group) is 1. The molecular weight excluding hydrogens is 298 g/mol. The lowest BCUT2D eigenvalue weighted by Crippen LogP contribution is -2.32. The van der Waals surface area contributed by atoms with Gasteiger partial charge in [0.25, 0.3) is 0 Å². The van der Waals surface area contributed by atoms with Gasteiger partial charge in [0.15, 0.2) is 0 Å². The highest BCUT2D eigenvalue weighted by Gasteiger charge is 2.27. The molecule has 21 heavy (non-hydrogen) atoms. The van der Waals surface area contributed by atoms with Crippen LogP contribution in [0.2, 0.25) is 0 Å². The molecule has 0 spiro atoms. The number of hydrogen-bond acceptors (Lipinski definition) is 2. The smallest absolute Gasteiger partial charge is 0.0331 e. The average Bonchev–Trinajstić information content (AvgIpc) is 2.90. The van der Waals surface area contributed by atoms with Crippen LogP contribution in [0.4, 0.5) is 0 Å². The Labute approximate surface area is 138 Å². The topological polar surface area (TPSA) is 3.24 Å². The van der Waals surface area contributed by atoms with Gasteiger partial charge in [-0.25, -0.2) is 0 Å². The van der Waals surface area contributed by atoms with Crippen molar-refractivity contribution in [2.75, 3.05) is 13.1 Å². The Morgan fingerprint density at radius 2 is 1.90 bits per heavy atom. The molecule has 1 atom stereocenters. The number of fused-ring (bicyclic) bond motifs is 1. The molecule has 0 radical (unpaired) electrons. The van der Waals surface area contributed by atoms with Gasteiger partial charge in [0.1, 0.15) is 0 Å². The van der Waals surface area contributed by atoms with Crippen molar-refractivity contribution in [1.29, 1.82) is 0 Å². The molecule has 0 N–H and O–H groups in total. The zero-order valence-corrected chi connectivity index (χ0v) is 14.7. The van der Waals surface area contributed by atoms with Crippen LogP contribution in [0, 0.1) is 6.92 Å². The minimum absolute atomic E-state index is 0. The van der Waals surface area contributed by atoms with Gasteiger partial charge in [-0.2, -0.15) is 0 Å². The second-order valence-electron chi connectivity index (χ2n) is 5.74. The highest BCUT2D eigenvalue weighted by atomic mass is 35.5. The summed E-state index contributed by atoms with van der Waals surface area (Å²) in [5.74, 6) is 0.552. The normalized spacial score (nSPS) is 18.1. The van der Waals surface area contributed by atoms with Gasteiger partial charge in [0, 0.05) is 28.8 Å². The molecule has 2 heterocycles. The van der Waals surface area contributed by atoms with Crippen LogP contribution in [-0.4, -0.2) is 18.0 Å². The summed E-state index contributed by atoms with van der Waals surface area (Å²) >= 11 is 2.01. The lowest BCUT2D eigenvalue weighted by Gasteiger charge is -2.32. The van der Waals surface area contributed by atoms with Gasteiger partial charge in [0.2, 0.25) is 0 Å². The van der Waals surface area contributed by atoms with Crippen LogP contribution in [0.5, 0.6) is 0 Å². The largest absolute Gasteiger partial charge is 0.298 e. The molecule has 3 heteroatoms. The second kappa shape index (κ2) is 6.95. The van der Waals surface area contributed by atoms with Crippen molar-refractivity contribution in [3.05, 3.63) is 56.8 Å². The van der Waals surface area contributed by atoms with Gasteiger partial charge in [-0.05, 0) is 37.1 Å². The molecule has 1 unspecified atom stereocenters. The first-order valence-electron chi connectivity index (χ1n) is 7.61. The summed E-state index contributed by atoms with van der Waals surface area (Å²) in [4.78, 5) is 5.69. The first kappa shape index (κ1) is 16.5. The van der Waals surface area contributed by atoms with Crippen LogP contribution >= 0.6 is 23.7 Å². The molecule has 1 aliphatic heterocycles. The van der Waals surface area contributed by atoms with E-state index >= 15 is 0 Å². The van der Waals surface area contributed by atoms with E-state index in [1.54, 1.807) is 10.4 Å². The highest BCUT2D eigenvalue weighted by molar-refractivity contribution is 7.12. The Hall–Kier alpha value is -0.830. The van der Waals surface area contributed by atoms with Crippen molar-refractivity contribution < 1.29 is 0 Å². The number of aryl methyl sites for hydroxylation is 2. The van der Waals surface area contributed by atoms with E-state index in [0.717, 1.165) is 26.1 Å². The molecule has 0 aliphatic carbocycles. The SMILES string of the molecule is CCc1cc2c(s1)CN(CC)CC2c1ccc(C)cc1.Cl. The quantitative estimate of drug-likeness (QED) is 0.768. The molecule has 0 saturated heterocycles. The van der Waals surface area contributed by atoms with E-state index in [-0.39, 0.29) is 12.4 Å². The van der Waals surface area contributed by atoms with E-state index in [1.807, 2.05) is 11.3 Å². The molecule has 3 rings (SSSR count). The van der Waals surface area contributed by atoms with Crippen molar-refractivity contribution in [2.24, 2.45) is 0 Å². The van der Waals surface area contributed by atoms with E-state index in [4.69, 9.17) is 0 Å². The molecule has 0 bridgehead atoms. The van der Waals surface area contributed by atoms with Gasteiger partial charge in [0.05, 0.1) is 0 Å². The van der Waals surface area contributed by atoms with Gasteiger partial charge in [-0.3, -0.25) is 4.90 Å². The molecule has 1 aromatic heterocycles. The molecule has 1 aromatic carbocycles. The zero-order chi connectivity index (χ0) is 14.1. The van der Waals surface area contributed by atoms with Crippen molar-refractivity contribution in [3.63, 3.8) is 0 Å². The lowest BCUT2D eigenvalue weighted by atomic mass is 9.88. The number of rotatable bonds is 3. The highest BCUT2D eigenvalue weighted by Crippen LogP contribution is 2.38. The predicted octanol–water partition coefficient (Wildman–Crippen LogP) is 5.01. The molecular formula is C18H24ClNS. The van der Waals surface area contributed by atoms with Crippen LogP contribution < -0.4 is 0 Å². The Bertz CT molecular complexity index is 588. The summed E-state index contributed by atoms with van der Waals surface area (Å²) in [5, 5.41) is 0. The molecule has 114 valence electrons. The monoisotopic (exact) mass is 321 g/mol. The van der Waals surface area contributed by atoms with E-state index < -0.39 is 0 Å². The van der Waals surface area contributed by atoms with Gasteiger partial charge in [-0.1, -0.05) is 43.7 Å². The van der Waals surface area contributed by atoms with Gasteiger partial charge in [-0.15, -0.1) is 23.7 Å². The maximum absolute atomic E-state index is 2.57. The number of halogens is 1. The predicted molar refractivity (Wildman–Crippen MR) is 94.9 cm³/mol. The molecule has 1 nitrogen and oxygen atoms in total. The summed E-state index contributed by atoms with van der Waals surface area (Å²) in [6, 6.07) is 11.6. The summed E-state index contributed by atoms with van der Waals surface area (Å²) < 4.78 is 0. The standard InChI is InChI=1S/C18H23NS.ClH/c1-4-15-10-16-17(14-8-6-13(3)7-9-14)11-19(5-2)12-18(16)20-15;/h6-10,17H,4-5,11-12H2,1-3H3;1H.